The molecule has 0 amide bonds. The van der Waals surface area contributed by atoms with E-state index in [4.69, 9.17) is 11.6 Å². The Hall–Kier alpha value is -0.530. The van der Waals surface area contributed by atoms with Crippen LogP contribution in [-0.4, -0.2) is 18.5 Å². The van der Waals surface area contributed by atoms with E-state index in [1.807, 2.05) is 0 Å². The lowest BCUT2D eigenvalue weighted by molar-refractivity contribution is 0.308. The molecule has 0 heterocycles. The summed E-state index contributed by atoms with van der Waals surface area (Å²) in [6, 6.07) is 11.1. The fourth-order valence-corrected chi connectivity index (χ4v) is 4.24. The van der Waals surface area contributed by atoms with E-state index in [0.29, 0.717) is 11.9 Å². The Morgan fingerprint density at radius 2 is 2.00 bits per heavy atom. The molecule has 2 fully saturated rings. The van der Waals surface area contributed by atoms with E-state index in [0.717, 1.165) is 24.2 Å². The molecule has 1 aromatic rings. The summed E-state index contributed by atoms with van der Waals surface area (Å²) in [5.74, 6) is 3.67. The third kappa shape index (κ3) is 3.32. The molecular weight excluding hydrogens is 254 g/mol. The Morgan fingerprint density at radius 3 is 2.63 bits per heavy atom. The molecule has 3 rings (SSSR count). The molecule has 4 unspecified atom stereocenters. The lowest BCUT2D eigenvalue weighted by atomic mass is 9.88. The number of halogens is 1. The molecule has 0 aromatic heterocycles. The van der Waals surface area contributed by atoms with Crippen LogP contribution in [0.2, 0.25) is 0 Å². The van der Waals surface area contributed by atoms with Gasteiger partial charge < -0.3 is 5.32 Å². The Balaban J connectivity index is 1.47. The zero-order valence-corrected chi connectivity index (χ0v) is 12.3. The fraction of sp³-hybridized carbons (Fsp3) is 0.647. The fourth-order valence-electron chi connectivity index (χ4n) is 4.02. The topological polar surface area (TPSA) is 12.0 Å². The summed E-state index contributed by atoms with van der Waals surface area (Å²) in [6.45, 7) is 1.17. The minimum absolute atomic E-state index is 0.420. The highest BCUT2D eigenvalue weighted by atomic mass is 35.5. The molecule has 2 saturated carbocycles. The lowest BCUT2D eigenvalue weighted by Gasteiger charge is -2.25. The highest BCUT2D eigenvalue weighted by Crippen LogP contribution is 2.47. The van der Waals surface area contributed by atoms with E-state index >= 15 is 0 Å². The van der Waals surface area contributed by atoms with Gasteiger partial charge in [-0.25, -0.2) is 0 Å². The summed E-state index contributed by atoms with van der Waals surface area (Å²) in [5.41, 5.74) is 1.38. The highest BCUT2D eigenvalue weighted by molar-refractivity contribution is 6.18. The number of rotatable bonds is 6. The summed E-state index contributed by atoms with van der Waals surface area (Å²) in [4.78, 5) is 0. The third-order valence-electron chi connectivity index (χ3n) is 5.06. The molecule has 2 heteroatoms. The number of nitrogens with one attached hydrogen (secondary N) is 1. The molecule has 0 aliphatic heterocycles. The second kappa shape index (κ2) is 6.28. The van der Waals surface area contributed by atoms with Crippen molar-refractivity contribution >= 4 is 11.6 Å². The van der Waals surface area contributed by atoms with Crippen molar-refractivity contribution in [2.75, 3.05) is 12.4 Å². The van der Waals surface area contributed by atoms with Crippen LogP contribution in [0.4, 0.5) is 0 Å². The molecule has 2 aliphatic rings. The van der Waals surface area contributed by atoms with Crippen molar-refractivity contribution in [3.05, 3.63) is 35.9 Å². The Labute approximate surface area is 121 Å². The normalized spacial score (nSPS) is 30.7. The van der Waals surface area contributed by atoms with Gasteiger partial charge in [-0.05, 0) is 55.5 Å². The zero-order chi connectivity index (χ0) is 13.1. The molecule has 2 aliphatic carbocycles. The van der Waals surface area contributed by atoms with Gasteiger partial charge in [-0.15, -0.1) is 11.6 Å². The van der Waals surface area contributed by atoms with Gasteiger partial charge in [0.15, 0.2) is 0 Å². The maximum atomic E-state index is 6.12. The van der Waals surface area contributed by atoms with E-state index in [1.165, 1.54) is 37.8 Å². The summed E-state index contributed by atoms with van der Waals surface area (Å²) in [6.07, 6.45) is 6.96. The minimum Gasteiger partial charge on any atom is -0.312 e. The monoisotopic (exact) mass is 277 g/mol. The summed E-state index contributed by atoms with van der Waals surface area (Å²) in [5, 5.41) is 3.71. The number of hydrogen-bond donors (Lipinski definition) is 1. The van der Waals surface area contributed by atoms with Crippen LogP contribution in [0, 0.1) is 17.8 Å². The summed E-state index contributed by atoms with van der Waals surface area (Å²) in [7, 11) is 0. The SMILES string of the molecule is ClCC(Cc1ccccc1)NCC1CC2CCC1C2. The quantitative estimate of drug-likeness (QED) is 0.779. The smallest absolute Gasteiger partial charge is 0.0380 e. The van der Waals surface area contributed by atoms with Crippen LogP contribution in [0.3, 0.4) is 0 Å². The van der Waals surface area contributed by atoms with E-state index in [-0.39, 0.29) is 0 Å². The molecule has 1 N–H and O–H groups in total. The third-order valence-corrected chi connectivity index (χ3v) is 5.44. The van der Waals surface area contributed by atoms with Gasteiger partial charge in [-0.3, -0.25) is 0 Å². The molecule has 0 spiro atoms. The van der Waals surface area contributed by atoms with Gasteiger partial charge in [-0.2, -0.15) is 0 Å². The van der Waals surface area contributed by atoms with Crippen molar-refractivity contribution in [2.24, 2.45) is 17.8 Å². The van der Waals surface area contributed by atoms with Gasteiger partial charge in [0.2, 0.25) is 0 Å². The molecule has 0 radical (unpaired) electrons. The molecule has 1 aromatic carbocycles. The van der Waals surface area contributed by atoms with Crippen molar-refractivity contribution in [3.63, 3.8) is 0 Å². The average Bonchev–Trinajstić information content (AvgIpc) is 3.07. The van der Waals surface area contributed by atoms with Gasteiger partial charge in [0.05, 0.1) is 0 Å². The van der Waals surface area contributed by atoms with Crippen LogP contribution >= 0.6 is 11.6 Å². The van der Waals surface area contributed by atoms with Crippen LogP contribution in [0.15, 0.2) is 30.3 Å². The van der Waals surface area contributed by atoms with Crippen LogP contribution in [0.1, 0.15) is 31.2 Å². The van der Waals surface area contributed by atoms with E-state index < -0.39 is 0 Å². The summed E-state index contributed by atoms with van der Waals surface area (Å²) >= 11 is 6.12. The maximum absolute atomic E-state index is 6.12. The van der Waals surface area contributed by atoms with Crippen LogP contribution in [0.5, 0.6) is 0 Å². The van der Waals surface area contributed by atoms with Crippen molar-refractivity contribution < 1.29 is 0 Å². The van der Waals surface area contributed by atoms with Crippen LogP contribution in [-0.2, 0) is 6.42 Å². The van der Waals surface area contributed by atoms with Gasteiger partial charge in [0, 0.05) is 11.9 Å². The second-order valence-corrected chi connectivity index (χ2v) is 6.69. The molecule has 1 nitrogen and oxygen atoms in total. The molecule has 2 bridgehead atoms. The summed E-state index contributed by atoms with van der Waals surface area (Å²) < 4.78 is 0. The molecule has 19 heavy (non-hydrogen) atoms. The Morgan fingerprint density at radius 1 is 1.16 bits per heavy atom. The van der Waals surface area contributed by atoms with Crippen molar-refractivity contribution in [1.29, 1.82) is 0 Å². The highest BCUT2D eigenvalue weighted by Gasteiger charge is 2.39. The molecule has 0 saturated heterocycles. The van der Waals surface area contributed by atoms with Gasteiger partial charge in [-0.1, -0.05) is 36.8 Å². The van der Waals surface area contributed by atoms with Crippen LogP contribution in [0.25, 0.3) is 0 Å². The molecule has 4 atom stereocenters. The Kier molecular flexibility index (Phi) is 4.45. The first-order chi connectivity index (χ1) is 9.35. The first-order valence-corrected chi connectivity index (χ1v) is 8.22. The maximum Gasteiger partial charge on any atom is 0.0380 e. The first-order valence-electron chi connectivity index (χ1n) is 7.68. The van der Waals surface area contributed by atoms with Crippen molar-refractivity contribution in [3.8, 4) is 0 Å². The van der Waals surface area contributed by atoms with E-state index in [9.17, 15) is 0 Å². The lowest BCUT2D eigenvalue weighted by Crippen LogP contribution is -2.37. The molecule has 104 valence electrons. The van der Waals surface area contributed by atoms with E-state index in [1.54, 1.807) is 0 Å². The minimum atomic E-state index is 0.420. The van der Waals surface area contributed by atoms with Gasteiger partial charge in [0.25, 0.3) is 0 Å². The van der Waals surface area contributed by atoms with Crippen molar-refractivity contribution in [1.82, 2.24) is 5.32 Å². The second-order valence-electron chi connectivity index (χ2n) is 6.38. The molecular formula is C17H24ClN. The largest absolute Gasteiger partial charge is 0.312 e. The number of fused-ring (bicyclic) bond motifs is 2. The standard InChI is InChI=1S/C17H24ClN/c18-11-17(10-13-4-2-1-3-5-13)19-12-16-9-14-6-7-15(16)8-14/h1-5,14-17,19H,6-12H2. The number of benzene rings is 1. The van der Waals surface area contributed by atoms with Gasteiger partial charge >= 0.3 is 0 Å². The number of alkyl halides is 1. The van der Waals surface area contributed by atoms with Crippen LogP contribution < -0.4 is 5.32 Å². The first kappa shape index (κ1) is 13.5. The van der Waals surface area contributed by atoms with Crippen molar-refractivity contribution in [2.45, 2.75) is 38.1 Å². The zero-order valence-electron chi connectivity index (χ0n) is 11.5. The predicted octanol–water partition coefficient (Wildman–Crippen LogP) is 3.86. The Bertz CT molecular complexity index is 392. The van der Waals surface area contributed by atoms with E-state index in [2.05, 4.69) is 35.6 Å². The average molecular weight is 278 g/mol. The van der Waals surface area contributed by atoms with Gasteiger partial charge in [0.1, 0.15) is 0 Å². The predicted molar refractivity (Wildman–Crippen MR) is 81.6 cm³/mol. The number of hydrogen-bond acceptors (Lipinski definition) is 1.